The zero-order chi connectivity index (χ0) is 23.0. The molecule has 6 heteroatoms. The minimum atomic E-state index is -0.639. The van der Waals surface area contributed by atoms with E-state index >= 15 is 0 Å². The van der Waals surface area contributed by atoms with Crippen molar-refractivity contribution in [3.05, 3.63) is 119 Å². The number of nitrogens with one attached hydrogen (secondary N) is 1. The molecule has 2 N–H and O–H groups in total. The summed E-state index contributed by atoms with van der Waals surface area (Å²) in [5.74, 6) is -0.605. The highest BCUT2D eigenvalue weighted by Gasteiger charge is 2.28. The lowest BCUT2D eigenvalue weighted by Gasteiger charge is -2.29. The average Bonchev–Trinajstić information content (AvgIpc) is 2.87. The van der Waals surface area contributed by atoms with Gasteiger partial charge in [-0.15, -0.1) is 0 Å². The Morgan fingerprint density at radius 1 is 0.970 bits per heavy atom. The van der Waals surface area contributed by atoms with E-state index in [0.717, 1.165) is 22.3 Å². The third-order valence-corrected chi connectivity index (χ3v) is 5.52. The SMILES string of the molecule is O=C(NCc1ccccc1)C1=C[C@@H](c2ccc(F)cc2)C[C@@H](OCc2ccc(CO)cc2)O1. The molecule has 1 heterocycles. The van der Waals surface area contributed by atoms with Gasteiger partial charge in [-0.25, -0.2) is 4.39 Å². The summed E-state index contributed by atoms with van der Waals surface area (Å²) in [6.45, 7) is 0.661. The van der Waals surface area contributed by atoms with Crippen molar-refractivity contribution >= 4 is 5.91 Å². The molecule has 170 valence electrons. The van der Waals surface area contributed by atoms with E-state index in [1.807, 2.05) is 54.6 Å². The van der Waals surface area contributed by atoms with Crippen LogP contribution in [0.4, 0.5) is 4.39 Å². The Kier molecular flexibility index (Phi) is 7.50. The quantitative estimate of drug-likeness (QED) is 0.531. The van der Waals surface area contributed by atoms with E-state index in [1.165, 1.54) is 12.1 Å². The molecule has 0 saturated heterocycles. The summed E-state index contributed by atoms with van der Waals surface area (Å²) < 4.78 is 25.3. The van der Waals surface area contributed by atoms with Crippen molar-refractivity contribution in [2.24, 2.45) is 0 Å². The summed E-state index contributed by atoms with van der Waals surface area (Å²) in [6, 6.07) is 23.3. The van der Waals surface area contributed by atoms with Gasteiger partial charge in [0.15, 0.2) is 5.76 Å². The number of ether oxygens (including phenoxy) is 2. The summed E-state index contributed by atoms with van der Waals surface area (Å²) in [6.07, 6.45) is 1.62. The molecular formula is C27H26FNO4. The molecule has 0 fully saturated rings. The molecule has 0 bridgehead atoms. The molecule has 0 unspecified atom stereocenters. The minimum absolute atomic E-state index is 0.0154. The number of amides is 1. The molecule has 1 aliphatic heterocycles. The minimum Gasteiger partial charge on any atom is -0.459 e. The van der Waals surface area contributed by atoms with Crippen LogP contribution in [-0.4, -0.2) is 17.3 Å². The Morgan fingerprint density at radius 2 is 1.67 bits per heavy atom. The molecule has 5 nitrogen and oxygen atoms in total. The fourth-order valence-corrected chi connectivity index (χ4v) is 3.66. The Balaban J connectivity index is 1.46. The van der Waals surface area contributed by atoms with Crippen LogP contribution in [0.15, 0.2) is 90.7 Å². The molecule has 4 rings (SSSR count). The van der Waals surface area contributed by atoms with Gasteiger partial charge in [0.05, 0.1) is 13.2 Å². The number of hydrogen-bond donors (Lipinski definition) is 2. The number of rotatable bonds is 8. The fourth-order valence-electron chi connectivity index (χ4n) is 3.66. The fraction of sp³-hybridized carbons (Fsp3) is 0.222. The highest BCUT2D eigenvalue weighted by Crippen LogP contribution is 2.32. The summed E-state index contributed by atoms with van der Waals surface area (Å²) >= 11 is 0. The van der Waals surface area contributed by atoms with E-state index in [9.17, 15) is 14.3 Å². The van der Waals surface area contributed by atoms with Gasteiger partial charge in [0.25, 0.3) is 5.91 Å². The summed E-state index contributed by atoms with van der Waals surface area (Å²) in [4.78, 5) is 12.8. The van der Waals surface area contributed by atoms with Gasteiger partial charge in [-0.3, -0.25) is 4.79 Å². The van der Waals surface area contributed by atoms with Crippen LogP contribution in [0.25, 0.3) is 0 Å². The Hall–Kier alpha value is -3.48. The predicted molar refractivity (Wildman–Crippen MR) is 122 cm³/mol. The summed E-state index contributed by atoms with van der Waals surface area (Å²) in [5.41, 5.74) is 3.62. The molecule has 0 saturated carbocycles. The van der Waals surface area contributed by atoms with Crippen LogP contribution in [0.2, 0.25) is 0 Å². The second-order valence-electron chi connectivity index (χ2n) is 7.93. The monoisotopic (exact) mass is 447 g/mol. The lowest BCUT2D eigenvalue weighted by Crippen LogP contribution is -2.32. The van der Waals surface area contributed by atoms with Crippen molar-refractivity contribution in [1.82, 2.24) is 5.32 Å². The van der Waals surface area contributed by atoms with Crippen molar-refractivity contribution in [3.63, 3.8) is 0 Å². The van der Waals surface area contributed by atoms with Crippen LogP contribution < -0.4 is 5.32 Å². The first-order valence-electron chi connectivity index (χ1n) is 10.9. The Labute approximate surface area is 192 Å². The zero-order valence-corrected chi connectivity index (χ0v) is 18.1. The Morgan fingerprint density at radius 3 is 2.36 bits per heavy atom. The van der Waals surface area contributed by atoms with Gasteiger partial charge in [0.1, 0.15) is 5.82 Å². The standard InChI is InChI=1S/C27H26FNO4/c28-24-12-10-22(11-13-24)23-14-25(27(31)29-16-19-4-2-1-3-5-19)33-26(15-23)32-18-21-8-6-20(17-30)7-9-21/h1-14,23,26,30H,15-18H2,(H,29,31)/t23-,26+/m1/s1. The maximum atomic E-state index is 13.4. The third kappa shape index (κ3) is 6.28. The average molecular weight is 448 g/mol. The van der Waals surface area contributed by atoms with Gasteiger partial charge in [0, 0.05) is 18.9 Å². The highest BCUT2D eigenvalue weighted by atomic mass is 19.1. The van der Waals surface area contributed by atoms with E-state index in [4.69, 9.17) is 9.47 Å². The lowest BCUT2D eigenvalue weighted by molar-refractivity contribution is -0.150. The van der Waals surface area contributed by atoms with Gasteiger partial charge in [-0.2, -0.15) is 0 Å². The molecule has 3 aromatic rings. The molecule has 1 aliphatic rings. The molecule has 0 spiro atoms. The first-order valence-corrected chi connectivity index (χ1v) is 10.9. The van der Waals surface area contributed by atoms with Crippen molar-refractivity contribution in [2.75, 3.05) is 0 Å². The van der Waals surface area contributed by atoms with E-state index < -0.39 is 6.29 Å². The number of allylic oxidation sites excluding steroid dienone is 1. The second kappa shape index (κ2) is 10.9. The molecule has 0 aliphatic carbocycles. The summed E-state index contributed by atoms with van der Waals surface area (Å²) in [7, 11) is 0. The van der Waals surface area contributed by atoms with Crippen molar-refractivity contribution in [1.29, 1.82) is 0 Å². The number of hydrogen-bond acceptors (Lipinski definition) is 4. The maximum Gasteiger partial charge on any atom is 0.286 e. The first kappa shape index (κ1) is 22.7. The second-order valence-corrected chi connectivity index (χ2v) is 7.93. The van der Waals surface area contributed by atoms with Crippen LogP contribution in [0, 0.1) is 5.82 Å². The highest BCUT2D eigenvalue weighted by molar-refractivity contribution is 5.91. The number of halogens is 1. The van der Waals surface area contributed by atoms with Crippen molar-refractivity contribution in [3.8, 4) is 0 Å². The van der Waals surface area contributed by atoms with E-state index in [0.29, 0.717) is 19.6 Å². The molecule has 2 atom stereocenters. The smallest absolute Gasteiger partial charge is 0.286 e. The molecule has 1 amide bonds. The molecule has 0 radical (unpaired) electrons. The molecule has 3 aromatic carbocycles. The summed E-state index contributed by atoms with van der Waals surface area (Å²) in [5, 5.41) is 12.1. The van der Waals surface area contributed by atoms with Gasteiger partial charge in [-0.05, 0) is 40.5 Å². The van der Waals surface area contributed by atoms with Gasteiger partial charge >= 0.3 is 0 Å². The number of aliphatic hydroxyl groups is 1. The third-order valence-electron chi connectivity index (χ3n) is 5.52. The maximum absolute atomic E-state index is 13.4. The van der Waals surface area contributed by atoms with E-state index in [-0.39, 0.29) is 30.0 Å². The van der Waals surface area contributed by atoms with Gasteiger partial charge < -0.3 is 19.9 Å². The van der Waals surface area contributed by atoms with Crippen LogP contribution in [0.5, 0.6) is 0 Å². The predicted octanol–water partition coefficient (Wildman–Crippen LogP) is 4.57. The number of carbonyl (C=O) groups is 1. The van der Waals surface area contributed by atoms with Gasteiger partial charge in [-0.1, -0.05) is 66.7 Å². The molecule has 0 aromatic heterocycles. The first-order chi connectivity index (χ1) is 16.1. The zero-order valence-electron chi connectivity index (χ0n) is 18.1. The largest absolute Gasteiger partial charge is 0.459 e. The lowest BCUT2D eigenvalue weighted by atomic mass is 9.93. The van der Waals surface area contributed by atoms with Crippen LogP contribution in [0.1, 0.15) is 34.6 Å². The van der Waals surface area contributed by atoms with E-state index in [1.54, 1.807) is 18.2 Å². The normalized spacial score (nSPS) is 17.7. The van der Waals surface area contributed by atoms with E-state index in [2.05, 4.69) is 5.32 Å². The van der Waals surface area contributed by atoms with Gasteiger partial charge in [0.2, 0.25) is 6.29 Å². The number of carbonyl (C=O) groups excluding carboxylic acids is 1. The van der Waals surface area contributed by atoms with Crippen LogP contribution >= 0.6 is 0 Å². The number of benzene rings is 3. The van der Waals surface area contributed by atoms with Crippen molar-refractivity contribution < 1.29 is 23.8 Å². The van der Waals surface area contributed by atoms with Crippen LogP contribution in [0.3, 0.4) is 0 Å². The molecule has 33 heavy (non-hydrogen) atoms. The molecular weight excluding hydrogens is 421 g/mol. The van der Waals surface area contributed by atoms with Crippen molar-refractivity contribution in [2.45, 2.75) is 38.4 Å². The van der Waals surface area contributed by atoms with Crippen LogP contribution in [-0.2, 0) is 34.0 Å². The number of aliphatic hydroxyl groups excluding tert-OH is 1. The topological polar surface area (TPSA) is 67.8 Å². The Bertz CT molecular complexity index is 1080.